The van der Waals surface area contributed by atoms with Crippen LogP contribution in [0.25, 0.3) is 17.3 Å². The van der Waals surface area contributed by atoms with Gasteiger partial charge >= 0.3 is 0 Å². The van der Waals surface area contributed by atoms with Gasteiger partial charge in [-0.1, -0.05) is 66.7 Å². The maximum Gasteiger partial charge on any atom is 0.246 e. The molecule has 0 saturated carbocycles. The quantitative estimate of drug-likeness (QED) is 0.310. The number of aromatic nitrogens is 3. The highest BCUT2D eigenvalue weighted by atomic mass is 16.5. The fourth-order valence-electron chi connectivity index (χ4n) is 4.48. The van der Waals surface area contributed by atoms with Crippen LogP contribution in [-0.2, 0) is 22.6 Å². The van der Waals surface area contributed by atoms with Crippen molar-refractivity contribution < 1.29 is 9.53 Å². The van der Waals surface area contributed by atoms with Crippen molar-refractivity contribution in [1.82, 2.24) is 19.7 Å². The van der Waals surface area contributed by atoms with Crippen molar-refractivity contribution in [1.29, 1.82) is 0 Å². The molecule has 4 aromatic rings. The van der Waals surface area contributed by atoms with Gasteiger partial charge in [0.15, 0.2) is 0 Å². The van der Waals surface area contributed by atoms with Crippen molar-refractivity contribution in [2.45, 2.75) is 32.0 Å². The fraction of sp³-hybridized carbons (Fsp3) is 0.233. The van der Waals surface area contributed by atoms with E-state index in [4.69, 9.17) is 9.84 Å². The Kier molecular flexibility index (Phi) is 7.64. The zero-order valence-electron chi connectivity index (χ0n) is 20.2. The molecule has 2 aromatic carbocycles. The predicted molar refractivity (Wildman–Crippen MR) is 141 cm³/mol. The van der Waals surface area contributed by atoms with Crippen LogP contribution in [0.1, 0.15) is 29.5 Å². The van der Waals surface area contributed by atoms with Crippen LogP contribution in [-0.4, -0.2) is 44.8 Å². The van der Waals surface area contributed by atoms with E-state index in [1.807, 2.05) is 82.5 Å². The van der Waals surface area contributed by atoms with Crippen LogP contribution in [0.15, 0.2) is 97.5 Å². The van der Waals surface area contributed by atoms with Gasteiger partial charge in [0.2, 0.25) is 5.91 Å². The highest BCUT2D eigenvalue weighted by Gasteiger charge is 2.22. The SMILES string of the molecule is O=C(/C=C/c1cn(Cc2ccccc2)nc1-c1ccccc1)N(Cc1cccnc1)CC1CCCO1. The number of nitrogens with zero attached hydrogens (tertiary/aromatic N) is 4. The molecular weight excluding hydrogens is 448 g/mol. The van der Waals surface area contributed by atoms with Crippen molar-refractivity contribution in [2.24, 2.45) is 0 Å². The van der Waals surface area contributed by atoms with E-state index in [9.17, 15) is 4.79 Å². The zero-order chi connectivity index (χ0) is 24.6. The third kappa shape index (κ3) is 6.15. The molecule has 5 rings (SSSR count). The standard InChI is InChI=1S/C30H30N4O2/c35-29(33(23-28-14-8-18-36-28)20-25-11-7-17-31-19-25)16-15-27-22-34(21-24-9-3-1-4-10-24)32-30(27)26-12-5-2-6-13-26/h1-7,9-13,15-17,19,22,28H,8,14,18,20-21,23H2/b16-15+. The highest BCUT2D eigenvalue weighted by Crippen LogP contribution is 2.24. The lowest BCUT2D eigenvalue weighted by atomic mass is 10.1. The molecule has 1 aliphatic heterocycles. The van der Waals surface area contributed by atoms with Crippen LogP contribution in [0.4, 0.5) is 0 Å². The molecule has 6 heteroatoms. The lowest BCUT2D eigenvalue weighted by Gasteiger charge is -2.24. The van der Waals surface area contributed by atoms with Crippen LogP contribution in [0.2, 0.25) is 0 Å². The van der Waals surface area contributed by atoms with E-state index in [0.29, 0.717) is 19.6 Å². The second-order valence-corrected chi connectivity index (χ2v) is 9.03. The number of hydrogen-bond acceptors (Lipinski definition) is 4. The third-order valence-corrected chi connectivity index (χ3v) is 6.29. The molecule has 0 spiro atoms. The van der Waals surface area contributed by atoms with E-state index in [-0.39, 0.29) is 12.0 Å². The van der Waals surface area contributed by atoms with Gasteiger partial charge in [-0.05, 0) is 36.1 Å². The van der Waals surface area contributed by atoms with Gasteiger partial charge in [0, 0.05) is 55.5 Å². The summed E-state index contributed by atoms with van der Waals surface area (Å²) >= 11 is 0. The van der Waals surface area contributed by atoms with Crippen LogP contribution in [0.3, 0.4) is 0 Å². The average Bonchev–Trinajstić information content (AvgIpc) is 3.58. The Balaban J connectivity index is 1.39. The van der Waals surface area contributed by atoms with Crippen LogP contribution in [0, 0.1) is 0 Å². The zero-order valence-corrected chi connectivity index (χ0v) is 20.2. The number of carbonyl (C=O) groups excluding carboxylic acids is 1. The van der Waals surface area contributed by atoms with E-state index in [2.05, 4.69) is 17.1 Å². The third-order valence-electron chi connectivity index (χ3n) is 6.29. The number of hydrogen-bond donors (Lipinski definition) is 0. The first-order chi connectivity index (χ1) is 17.7. The fourth-order valence-corrected chi connectivity index (χ4v) is 4.48. The molecule has 0 N–H and O–H groups in total. The first kappa shape index (κ1) is 23.7. The first-order valence-electron chi connectivity index (χ1n) is 12.4. The lowest BCUT2D eigenvalue weighted by Crippen LogP contribution is -2.35. The lowest BCUT2D eigenvalue weighted by molar-refractivity contribution is -0.128. The Morgan fingerprint density at radius 3 is 2.53 bits per heavy atom. The van der Waals surface area contributed by atoms with Gasteiger partial charge in [-0.3, -0.25) is 14.5 Å². The van der Waals surface area contributed by atoms with Crippen LogP contribution >= 0.6 is 0 Å². The van der Waals surface area contributed by atoms with Gasteiger partial charge in [-0.2, -0.15) is 5.10 Å². The highest BCUT2D eigenvalue weighted by molar-refractivity contribution is 5.92. The van der Waals surface area contributed by atoms with E-state index in [0.717, 1.165) is 41.8 Å². The molecule has 3 heterocycles. The summed E-state index contributed by atoms with van der Waals surface area (Å²) in [4.78, 5) is 19.4. The van der Waals surface area contributed by atoms with Crippen molar-refractivity contribution in [3.63, 3.8) is 0 Å². The average molecular weight is 479 g/mol. The number of carbonyl (C=O) groups is 1. The molecule has 1 unspecified atom stereocenters. The molecule has 36 heavy (non-hydrogen) atoms. The molecule has 1 saturated heterocycles. The van der Waals surface area contributed by atoms with E-state index < -0.39 is 0 Å². The molecule has 0 bridgehead atoms. The Labute approximate surface area is 211 Å². The number of amides is 1. The Morgan fingerprint density at radius 2 is 1.81 bits per heavy atom. The molecule has 1 fully saturated rings. The molecule has 1 aliphatic rings. The molecule has 0 aliphatic carbocycles. The van der Waals surface area contributed by atoms with Crippen molar-refractivity contribution in [3.8, 4) is 11.3 Å². The molecular formula is C30H30N4O2. The van der Waals surface area contributed by atoms with Crippen molar-refractivity contribution in [3.05, 3.63) is 114 Å². The van der Waals surface area contributed by atoms with Crippen LogP contribution < -0.4 is 0 Å². The van der Waals surface area contributed by atoms with Gasteiger partial charge in [-0.25, -0.2) is 0 Å². The molecule has 6 nitrogen and oxygen atoms in total. The summed E-state index contributed by atoms with van der Waals surface area (Å²) in [5, 5.41) is 4.86. The molecule has 1 atom stereocenters. The van der Waals surface area contributed by atoms with Crippen LogP contribution in [0.5, 0.6) is 0 Å². The van der Waals surface area contributed by atoms with Crippen molar-refractivity contribution >= 4 is 12.0 Å². The minimum atomic E-state index is -0.0517. The van der Waals surface area contributed by atoms with Gasteiger partial charge in [0.05, 0.1) is 18.3 Å². The number of ether oxygens (including phenoxy) is 1. The summed E-state index contributed by atoms with van der Waals surface area (Å²) in [7, 11) is 0. The number of rotatable bonds is 9. The Bertz CT molecular complexity index is 1280. The largest absolute Gasteiger partial charge is 0.376 e. The molecule has 1 amide bonds. The predicted octanol–water partition coefficient (Wildman–Crippen LogP) is 5.21. The number of benzene rings is 2. The summed E-state index contributed by atoms with van der Waals surface area (Å²) in [6, 6.07) is 24.2. The minimum absolute atomic E-state index is 0.0517. The first-order valence-corrected chi connectivity index (χ1v) is 12.4. The second-order valence-electron chi connectivity index (χ2n) is 9.03. The Morgan fingerprint density at radius 1 is 1.03 bits per heavy atom. The second kappa shape index (κ2) is 11.6. The van der Waals surface area contributed by atoms with E-state index in [1.165, 1.54) is 5.56 Å². The van der Waals surface area contributed by atoms with Gasteiger partial charge in [0.1, 0.15) is 0 Å². The van der Waals surface area contributed by atoms with Crippen molar-refractivity contribution in [2.75, 3.05) is 13.2 Å². The summed E-state index contributed by atoms with van der Waals surface area (Å²) in [6.07, 6.45) is 11.2. The molecule has 2 aromatic heterocycles. The summed E-state index contributed by atoms with van der Waals surface area (Å²) in [6.45, 7) is 2.48. The smallest absolute Gasteiger partial charge is 0.246 e. The van der Waals surface area contributed by atoms with Gasteiger partial charge < -0.3 is 9.64 Å². The van der Waals surface area contributed by atoms with E-state index in [1.54, 1.807) is 18.5 Å². The number of pyridine rings is 1. The summed E-state index contributed by atoms with van der Waals surface area (Å²) in [5.41, 5.74) is 4.95. The maximum absolute atomic E-state index is 13.4. The summed E-state index contributed by atoms with van der Waals surface area (Å²) in [5.74, 6) is -0.0517. The maximum atomic E-state index is 13.4. The normalized spacial score (nSPS) is 15.4. The minimum Gasteiger partial charge on any atom is -0.376 e. The summed E-state index contributed by atoms with van der Waals surface area (Å²) < 4.78 is 7.76. The van der Waals surface area contributed by atoms with Gasteiger partial charge in [-0.15, -0.1) is 0 Å². The molecule has 182 valence electrons. The topological polar surface area (TPSA) is 60.2 Å². The van der Waals surface area contributed by atoms with Gasteiger partial charge in [0.25, 0.3) is 0 Å². The molecule has 0 radical (unpaired) electrons. The van der Waals surface area contributed by atoms with E-state index >= 15 is 0 Å². The monoisotopic (exact) mass is 478 g/mol. The Hall–Kier alpha value is -4.03.